The molecule has 4 N–H and O–H groups in total. The summed E-state index contributed by atoms with van der Waals surface area (Å²) in [7, 11) is 0. The Hall–Kier alpha value is -3.68. The van der Waals surface area contributed by atoms with Crippen LogP contribution in [0.5, 0.6) is 0 Å². The van der Waals surface area contributed by atoms with E-state index >= 15 is 0 Å². The zero-order chi connectivity index (χ0) is 26.1. The number of unbranched alkanes of at least 4 members (excludes halogenated alkanes) is 3. The van der Waals surface area contributed by atoms with E-state index in [1.807, 2.05) is 48.5 Å². The second-order valence-electron chi connectivity index (χ2n) is 8.31. The third kappa shape index (κ3) is 15.7. The van der Waals surface area contributed by atoms with Crippen molar-refractivity contribution in [2.24, 2.45) is 0 Å². The Morgan fingerprint density at radius 1 is 0.514 bits per heavy atom. The summed E-state index contributed by atoms with van der Waals surface area (Å²) in [4.78, 5) is 42.9. The predicted octanol–water partition coefficient (Wildman–Crippen LogP) is 4.01. The molecule has 4 amide bonds. The van der Waals surface area contributed by atoms with E-state index in [-0.39, 0.29) is 23.6 Å². The summed E-state index contributed by atoms with van der Waals surface area (Å²) in [5, 5.41) is 11.0. The monoisotopic (exact) mass is 482 g/mol. The van der Waals surface area contributed by atoms with Crippen LogP contribution in [0.1, 0.15) is 64.5 Å². The Morgan fingerprint density at radius 2 is 0.857 bits per heavy atom. The highest BCUT2D eigenvalue weighted by molar-refractivity contribution is 5.89. The molecule has 0 saturated carbocycles. The van der Waals surface area contributed by atoms with E-state index in [0.717, 1.165) is 67.7 Å². The highest BCUT2D eigenvalue weighted by atomic mass is 16.2. The van der Waals surface area contributed by atoms with Crippen LogP contribution in [0.3, 0.4) is 0 Å². The third-order valence-electron chi connectivity index (χ3n) is 4.81. The van der Waals surface area contributed by atoms with Crippen LogP contribution in [0.25, 0.3) is 0 Å². The molecule has 0 unspecified atom stereocenters. The number of carbonyl (C=O) groups excluding carboxylic acids is 4. The van der Waals surface area contributed by atoms with Gasteiger partial charge in [0, 0.05) is 52.2 Å². The molecule has 190 valence electrons. The molecular formula is C27H38N4O4. The third-order valence-corrected chi connectivity index (χ3v) is 4.81. The molecule has 2 aromatic rings. The Labute approximate surface area is 208 Å². The van der Waals surface area contributed by atoms with Gasteiger partial charge in [-0.1, -0.05) is 37.1 Å². The van der Waals surface area contributed by atoms with Crippen molar-refractivity contribution in [3.8, 4) is 0 Å². The summed E-state index contributed by atoms with van der Waals surface area (Å²) in [6.07, 6.45) is 5.03. The average Bonchev–Trinajstić information content (AvgIpc) is 2.77. The van der Waals surface area contributed by atoms with Gasteiger partial charge in [-0.25, -0.2) is 0 Å². The minimum absolute atomic E-state index is 0.0308. The highest BCUT2D eigenvalue weighted by Crippen LogP contribution is 2.16. The van der Waals surface area contributed by atoms with Gasteiger partial charge in [0.05, 0.1) is 0 Å². The van der Waals surface area contributed by atoms with Crippen molar-refractivity contribution >= 4 is 35.0 Å². The first-order valence-electron chi connectivity index (χ1n) is 11.9. The molecule has 0 radical (unpaired) electrons. The number of nitrogens with one attached hydrogen (secondary N) is 4. The molecule has 8 nitrogen and oxygen atoms in total. The Bertz CT molecular complexity index is 863. The van der Waals surface area contributed by atoms with Gasteiger partial charge in [0.15, 0.2) is 0 Å². The second-order valence-corrected chi connectivity index (χ2v) is 8.31. The van der Waals surface area contributed by atoms with Gasteiger partial charge in [-0.15, -0.1) is 0 Å². The molecular weight excluding hydrogens is 444 g/mol. The standard InChI is InChI=1S/C17H18N2O2.C10H20N2O2/c1-12(20)18-16-7-3-14(4-8-16)11-15-5-9-17(10-6-15)19-13(2)21;1-9(13)11-7-5-3-4-6-8-12-10(2)14/h3-10H,11H2,1-2H3,(H,18,20)(H,19,21);3-8H2,1-2H3,(H,11,13)(H,12,14). The zero-order valence-electron chi connectivity index (χ0n) is 21.2. The first kappa shape index (κ1) is 29.4. The molecule has 0 aliphatic carbocycles. The van der Waals surface area contributed by atoms with Gasteiger partial charge >= 0.3 is 0 Å². The molecule has 0 saturated heterocycles. The lowest BCUT2D eigenvalue weighted by molar-refractivity contribution is -0.119. The zero-order valence-corrected chi connectivity index (χ0v) is 21.2. The van der Waals surface area contributed by atoms with Gasteiger partial charge in [0.2, 0.25) is 23.6 Å². The van der Waals surface area contributed by atoms with E-state index < -0.39 is 0 Å². The quantitative estimate of drug-likeness (QED) is 0.362. The molecule has 0 bridgehead atoms. The summed E-state index contributed by atoms with van der Waals surface area (Å²) in [5.74, 6) is -0.0842. The number of carbonyl (C=O) groups is 4. The largest absolute Gasteiger partial charge is 0.356 e. The smallest absolute Gasteiger partial charge is 0.221 e. The van der Waals surface area contributed by atoms with E-state index in [4.69, 9.17) is 0 Å². The van der Waals surface area contributed by atoms with Crippen LogP contribution in [-0.4, -0.2) is 36.7 Å². The number of benzene rings is 2. The van der Waals surface area contributed by atoms with Crippen molar-refractivity contribution < 1.29 is 19.2 Å². The molecule has 0 heterocycles. The lowest BCUT2D eigenvalue weighted by Gasteiger charge is -2.06. The first-order valence-corrected chi connectivity index (χ1v) is 11.9. The van der Waals surface area contributed by atoms with Gasteiger partial charge in [0.25, 0.3) is 0 Å². The summed E-state index contributed by atoms with van der Waals surface area (Å²) >= 11 is 0. The maximum Gasteiger partial charge on any atom is 0.221 e. The summed E-state index contributed by atoms with van der Waals surface area (Å²) in [6, 6.07) is 15.5. The summed E-state index contributed by atoms with van der Waals surface area (Å²) < 4.78 is 0. The molecule has 0 aliphatic rings. The Kier molecular flexibility index (Phi) is 14.1. The fourth-order valence-electron chi connectivity index (χ4n) is 3.19. The van der Waals surface area contributed by atoms with Crippen molar-refractivity contribution in [3.05, 3.63) is 59.7 Å². The second kappa shape index (κ2) is 16.9. The predicted molar refractivity (Wildman–Crippen MR) is 140 cm³/mol. The SMILES string of the molecule is CC(=O)NCCCCCCNC(C)=O.CC(=O)Nc1ccc(Cc2ccc(NC(C)=O)cc2)cc1. The normalized spacial score (nSPS) is 9.83. The minimum Gasteiger partial charge on any atom is -0.356 e. The number of hydrogen-bond acceptors (Lipinski definition) is 4. The molecule has 2 rings (SSSR count). The molecule has 2 aromatic carbocycles. The number of rotatable bonds is 11. The van der Waals surface area contributed by atoms with Crippen LogP contribution in [0, 0.1) is 0 Å². The average molecular weight is 483 g/mol. The van der Waals surface area contributed by atoms with E-state index in [9.17, 15) is 19.2 Å². The maximum atomic E-state index is 11.0. The van der Waals surface area contributed by atoms with Crippen LogP contribution in [0.15, 0.2) is 48.5 Å². The van der Waals surface area contributed by atoms with Crippen LogP contribution in [0.2, 0.25) is 0 Å². The number of anilines is 2. The van der Waals surface area contributed by atoms with Crippen molar-refractivity contribution in [2.75, 3.05) is 23.7 Å². The Morgan fingerprint density at radius 3 is 1.14 bits per heavy atom. The minimum atomic E-state index is -0.0729. The van der Waals surface area contributed by atoms with Gasteiger partial charge < -0.3 is 21.3 Å². The van der Waals surface area contributed by atoms with Gasteiger partial charge in [-0.2, -0.15) is 0 Å². The van der Waals surface area contributed by atoms with Crippen molar-refractivity contribution in [1.29, 1.82) is 0 Å². The molecule has 0 aromatic heterocycles. The maximum absolute atomic E-state index is 11.0. The lowest BCUT2D eigenvalue weighted by Crippen LogP contribution is -2.21. The van der Waals surface area contributed by atoms with E-state index in [2.05, 4.69) is 21.3 Å². The van der Waals surface area contributed by atoms with Crippen molar-refractivity contribution in [3.63, 3.8) is 0 Å². The molecule has 0 atom stereocenters. The van der Waals surface area contributed by atoms with E-state index in [1.54, 1.807) is 0 Å². The van der Waals surface area contributed by atoms with Crippen LogP contribution in [-0.2, 0) is 25.6 Å². The molecule has 0 spiro atoms. The summed E-state index contributed by atoms with van der Waals surface area (Å²) in [5.41, 5.74) is 3.92. The fourth-order valence-corrected chi connectivity index (χ4v) is 3.19. The summed E-state index contributed by atoms with van der Waals surface area (Å²) in [6.45, 7) is 7.55. The van der Waals surface area contributed by atoms with Gasteiger partial charge in [-0.3, -0.25) is 19.2 Å². The van der Waals surface area contributed by atoms with E-state index in [0.29, 0.717) is 0 Å². The molecule has 0 fully saturated rings. The van der Waals surface area contributed by atoms with E-state index in [1.165, 1.54) is 27.7 Å². The Balaban J connectivity index is 0.000000383. The van der Waals surface area contributed by atoms with Crippen LogP contribution in [0.4, 0.5) is 11.4 Å². The topological polar surface area (TPSA) is 116 Å². The van der Waals surface area contributed by atoms with Crippen LogP contribution >= 0.6 is 0 Å². The number of hydrogen-bond donors (Lipinski definition) is 4. The van der Waals surface area contributed by atoms with Crippen molar-refractivity contribution in [1.82, 2.24) is 10.6 Å². The highest BCUT2D eigenvalue weighted by Gasteiger charge is 2.00. The first-order chi connectivity index (χ1) is 16.7. The fraction of sp³-hybridized carbons (Fsp3) is 0.407. The molecule has 35 heavy (non-hydrogen) atoms. The molecule has 8 heteroatoms. The number of amides is 4. The van der Waals surface area contributed by atoms with Gasteiger partial charge in [-0.05, 0) is 54.7 Å². The lowest BCUT2D eigenvalue weighted by atomic mass is 10.0. The van der Waals surface area contributed by atoms with Gasteiger partial charge in [0.1, 0.15) is 0 Å². The van der Waals surface area contributed by atoms with Crippen LogP contribution < -0.4 is 21.3 Å². The molecule has 0 aliphatic heterocycles. The van der Waals surface area contributed by atoms with Crippen molar-refractivity contribution in [2.45, 2.75) is 59.8 Å².